The van der Waals surface area contributed by atoms with Crippen molar-refractivity contribution in [2.75, 3.05) is 24.7 Å². The summed E-state index contributed by atoms with van der Waals surface area (Å²) in [6.45, 7) is 6.36. The summed E-state index contributed by atoms with van der Waals surface area (Å²) in [4.78, 5) is 8.55. The van der Waals surface area contributed by atoms with E-state index in [2.05, 4.69) is 34.1 Å². The van der Waals surface area contributed by atoms with Gasteiger partial charge in [0.1, 0.15) is 22.3 Å². The third-order valence-electron chi connectivity index (χ3n) is 5.85. The number of nitrogens with two attached hydrogens (primary N) is 1. The molecule has 1 aliphatic carbocycles. The van der Waals surface area contributed by atoms with E-state index in [1.165, 1.54) is 0 Å². The zero-order chi connectivity index (χ0) is 21.4. The van der Waals surface area contributed by atoms with Crippen LogP contribution in [0.15, 0.2) is 35.3 Å². The number of fused-ring (bicyclic) bond motifs is 1. The Hall–Kier alpha value is -2.77. The zero-order valence-electron chi connectivity index (χ0n) is 17.1. The van der Waals surface area contributed by atoms with E-state index in [9.17, 15) is 5.11 Å². The van der Waals surface area contributed by atoms with Crippen LogP contribution in [0.4, 0.5) is 11.8 Å². The van der Waals surface area contributed by atoms with Gasteiger partial charge in [0.05, 0.1) is 5.56 Å². The fourth-order valence-corrected chi connectivity index (χ4v) is 4.44. The van der Waals surface area contributed by atoms with Crippen LogP contribution >= 0.6 is 11.6 Å². The average molecular weight is 428 g/mol. The van der Waals surface area contributed by atoms with Gasteiger partial charge in [0.2, 0.25) is 5.95 Å². The summed E-state index contributed by atoms with van der Waals surface area (Å²) in [6.07, 6.45) is 1.81. The molecule has 0 unspecified atom stereocenters. The van der Waals surface area contributed by atoms with Crippen LogP contribution in [0.1, 0.15) is 25.3 Å². The Morgan fingerprint density at radius 2 is 2.13 bits per heavy atom. The molecular weight excluding hydrogens is 402 g/mol. The van der Waals surface area contributed by atoms with Gasteiger partial charge in [-0.1, -0.05) is 25.1 Å². The number of aliphatic hydroxyl groups excluding tert-OH is 1. The first-order valence-electron chi connectivity index (χ1n) is 10.0. The lowest BCUT2D eigenvalue weighted by molar-refractivity contribution is 0.226. The van der Waals surface area contributed by atoms with Gasteiger partial charge in [-0.2, -0.15) is 4.98 Å². The molecule has 0 bridgehead atoms. The van der Waals surface area contributed by atoms with Crippen molar-refractivity contribution >= 4 is 40.0 Å². The predicted octanol–water partition coefficient (Wildman–Crippen LogP) is 4.13. The molecule has 8 heteroatoms. The van der Waals surface area contributed by atoms with E-state index < -0.39 is 0 Å². The van der Waals surface area contributed by atoms with Crippen LogP contribution in [0.3, 0.4) is 0 Å². The Kier molecular flexibility index (Phi) is 5.58. The van der Waals surface area contributed by atoms with Gasteiger partial charge in [-0.05, 0) is 54.5 Å². The Morgan fingerprint density at radius 3 is 2.83 bits per heavy atom. The molecule has 3 aromatic rings. The molecule has 3 atom stereocenters. The van der Waals surface area contributed by atoms with Crippen molar-refractivity contribution in [3.8, 4) is 11.3 Å². The Bertz CT molecular complexity index is 1100. The second-order valence-corrected chi connectivity index (χ2v) is 8.29. The van der Waals surface area contributed by atoms with Crippen molar-refractivity contribution in [1.29, 1.82) is 0 Å². The van der Waals surface area contributed by atoms with E-state index in [0.717, 1.165) is 35.1 Å². The Morgan fingerprint density at radius 1 is 1.33 bits per heavy atom. The van der Waals surface area contributed by atoms with Crippen molar-refractivity contribution in [2.45, 2.75) is 25.8 Å². The molecule has 30 heavy (non-hydrogen) atoms. The van der Waals surface area contributed by atoms with Gasteiger partial charge in [-0.25, -0.2) is 4.98 Å². The summed E-state index contributed by atoms with van der Waals surface area (Å²) in [5, 5.41) is 17.2. The maximum Gasteiger partial charge on any atom is 0.223 e. The number of rotatable bonds is 6. The van der Waals surface area contributed by atoms with Gasteiger partial charge in [0.25, 0.3) is 0 Å². The maximum absolute atomic E-state index is 9.53. The second kappa shape index (κ2) is 8.16. The van der Waals surface area contributed by atoms with Gasteiger partial charge in [0.15, 0.2) is 0 Å². The average Bonchev–Trinajstić information content (AvgIpc) is 3.29. The number of hydrogen-bond acceptors (Lipinski definition) is 7. The highest BCUT2D eigenvalue weighted by Crippen LogP contribution is 2.39. The third kappa shape index (κ3) is 3.82. The molecule has 4 rings (SSSR count). The van der Waals surface area contributed by atoms with E-state index in [0.29, 0.717) is 23.1 Å². The zero-order valence-corrected chi connectivity index (χ0v) is 17.8. The summed E-state index contributed by atoms with van der Waals surface area (Å²) in [7, 11) is 1.84. The standard InChI is InChI=1S/C22H26ClN5O2/c1-11-6-13(10-29)7-16(11)26-21-19(20(23)27-22(24)28-21)18-9-15-8-14(12(2)25-3)4-5-17(15)30-18/h4-5,8-9,11,13,16,25,29H,2,6-7,10H2,1,3H3,(H3,24,26,27,28)/t11-,13-,16-/m1/s1. The Balaban J connectivity index is 1.74. The first kappa shape index (κ1) is 20.5. The van der Waals surface area contributed by atoms with Gasteiger partial charge < -0.3 is 25.9 Å². The van der Waals surface area contributed by atoms with Crippen LogP contribution in [-0.2, 0) is 0 Å². The molecule has 0 spiro atoms. The molecule has 0 saturated heterocycles. The van der Waals surface area contributed by atoms with Crippen LogP contribution in [-0.4, -0.2) is 34.8 Å². The molecule has 1 aliphatic rings. The number of aromatic nitrogens is 2. The third-order valence-corrected chi connectivity index (χ3v) is 6.13. The quantitative estimate of drug-likeness (QED) is 0.438. The molecule has 1 fully saturated rings. The molecule has 0 aliphatic heterocycles. The van der Waals surface area contributed by atoms with Crippen molar-refractivity contribution in [1.82, 2.24) is 15.3 Å². The van der Waals surface area contributed by atoms with Gasteiger partial charge in [0, 0.05) is 30.8 Å². The summed E-state index contributed by atoms with van der Waals surface area (Å²) in [5.74, 6) is 1.87. The van der Waals surface area contributed by atoms with E-state index in [-0.39, 0.29) is 29.7 Å². The van der Waals surface area contributed by atoms with Crippen molar-refractivity contribution in [2.24, 2.45) is 11.8 Å². The van der Waals surface area contributed by atoms with E-state index in [4.69, 9.17) is 21.8 Å². The molecule has 1 saturated carbocycles. The molecule has 1 aromatic carbocycles. The molecule has 0 amide bonds. The maximum atomic E-state index is 9.53. The molecular formula is C22H26ClN5O2. The molecule has 2 aromatic heterocycles. The highest BCUT2D eigenvalue weighted by atomic mass is 35.5. The summed E-state index contributed by atoms with van der Waals surface area (Å²) in [6, 6.07) is 7.93. The number of hydrogen-bond donors (Lipinski definition) is 4. The number of furan rings is 1. The molecule has 158 valence electrons. The normalized spacial score (nSPS) is 21.1. The first-order valence-corrected chi connectivity index (χ1v) is 10.4. The fourth-order valence-electron chi connectivity index (χ4n) is 4.17. The molecule has 0 radical (unpaired) electrons. The smallest absolute Gasteiger partial charge is 0.223 e. The van der Waals surface area contributed by atoms with Crippen molar-refractivity contribution in [3.05, 3.63) is 41.6 Å². The SMILES string of the molecule is C=C(NC)c1ccc2oc(-c3c(Cl)nc(N)nc3N[C@@H]3C[C@H](CO)C[C@H]3C)cc2c1. The summed E-state index contributed by atoms with van der Waals surface area (Å²) in [5.41, 5.74) is 8.99. The largest absolute Gasteiger partial charge is 0.456 e. The number of aliphatic hydroxyl groups is 1. The lowest BCUT2D eigenvalue weighted by Gasteiger charge is -2.20. The second-order valence-electron chi connectivity index (χ2n) is 7.94. The van der Waals surface area contributed by atoms with Crippen molar-refractivity contribution in [3.63, 3.8) is 0 Å². The minimum absolute atomic E-state index is 0.0966. The topological polar surface area (TPSA) is 109 Å². The lowest BCUT2D eigenvalue weighted by atomic mass is 10.1. The molecule has 5 N–H and O–H groups in total. The van der Waals surface area contributed by atoms with E-state index in [1.54, 1.807) is 0 Å². The predicted molar refractivity (Wildman–Crippen MR) is 121 cm³/mol. The summed E-state index contributed by atoms with van der Waals surface area (Å²) >= 11 is 6.48. The number of anilines is 2. The minimum atomic E-state index is 0.0966. The van der Waals surface area contributed by atoms with Crippen LogP contribution in [0, 0.1) is 11.8 Å². The van der Waals surface area contributed by atoms with Gasteiger partial charge in [-0.15, -0.1) is 0 Å². The van der Waals surface area contributed by atoms with Crippen LogP contribution in [0.5, 0.6) is 0 Å². The monoisotopic (exact) mass is 427 g/mol. The number of nitrogens with zero attached hydrogens (tertiary/aromatic N) is 2. The number of halogens is 1. The van der Waals surface area contributed by atoms with Crippen LogP contribution in [0.25, 0.3) is 28.0 Å². The summed E-state index contributed by atoms with van der Waals surface area (Å²) < 4.78 is 6.08. The van der Waals surface area contributed by atoms with Crippen molar-refractivity contribution < 1.29 is 9.52 Å². The number of benzene rings is 1. The first-order chi connectivity index (χ1) is 14.4. The lowest BCUT2D eigenvalue weighted by Crippen LogP contribution is -2.23. The van der Waals surface area contributed by atoms with Crippen LogP contribution < -0.4 is 16.4 Å². The molecule has 7 nitrogen and oxygen atoms in total. The van der Waals surface area contributed by atoms with E-state index in [1.807, 2.05) is 31.3 Å². The van der Waals surface area contributed by atoms with Crippen LogP contribution in [0.2, 0.25) is 5.15 Å². The van der Waals surface area contributed by atoms with Gasteiger partial charge >= 0.3 is 0 Å². The Labute approximate surface area is 180 Å². The number of nitrogens with one attached hydrogen (secondary N) is 2. The minimum Gasteiger partial charge on any atom is -0.456 e. The molecule has 2 heterocycles. The van der Waals surface area contributed by atoms with E-state index >= 15 is 0 Å². The van der Waals surface area contributed by atoms with Gasteiger partial charge in [-0.3, -0.25) is 0 Å². The fraction of sp³-hybridized carbons (Fsp3) is 0.364. The number of nitrogen functional groups attached to an aromatic ring is 1. The highest BCUT2D eigenvalue weighted by molar-refractivity contribution is 6.32. The highest BCUT2D eigenvalue weighted by Gasteiger charge is 2.32.